The van der Waals surface area contributed by atoms with Gasteiger partial charge in [0.15, 0.2) is 5.69 Å². The van der Waals surface area contributed by atoms with Gasteiger partial charge in [0.1, 0.15) is 5.69 Å². The molecule has 1 aliphatic heterocycles. The summed E-state index contributed by atoms with van der Waals surface area (Å²) in [5.74, 6) is -1.37. The molecule has 1 unspecified atom stereocenters. The molecule has 0 bridgehead atoms. The van der Waals surface area contributed by atoms with Crippen molar-refractivity contribution in [2.24, 2.45) is 7.05 Å². The maximum Gasteiger partial charge on any atom is 0.356 e. The van der Waals surface area contributed by atoms with Gasteiger partial charge in [-0.25, -0.2) is 4.79 Å². The van der Waals surface area contributed by atoms with Gasteiger partial charge in [-0.05, 0) is 33.1 Å². The summed E-state index contributed by atoms with van der Waals surface area (Å²) in [5, 5.41) is 13.3. The second-order valence-corrected chi connectivity index (χ2v) is 10.6. The second-order valence-electron chi connectivity index (χ2n) is 8.10. The molecule has 1 aliphatic carbocycles. The average molecular weight is 440 g/mol. The minimum atomic E-state index is -1.18. The van der Waals surface area contributed by atoms with E-state index in [1.54, 1.807) is 18.0 Å². The van der Waals surface area contributed by atoms with Gasteiger partial charge in [-0.1, -0.05) is 19.9 Å². The van der Waals surface area contributed by atoms with Crippen LogP contribution in [0.4, 0.5) is 0 Å². The molecule has 1 saturated carbocycles. The Bertz CT molecular complexity index is 842. The lowest BCUT2D eigenvalue weighted by molar-refractivity contribution is 0.0688. The molecule has 2 aliphatic rings. The van der Waals surface area contributed by atoms with E-state index in [-0.39, 0.29) is 11.6 Å². The molecular formula is C21H33N3O5S. The molecule has 9 heteroatoms. The van der Waals surface area contributed by atoms with Crippen molar-refractivity contribution < 1.29 is 23.6 Å². The van der Waals surface area contributed by atoms with Gasteiger partial charge in [0, 0.05) is 36.5 Å². The van der Waals surface area contributed by atoms with Crippen LogP contribution in [-0.4, -0.2) is 71.7 Å². The summed E-state index contributed by atoms with van der Waals surface area (Å²) >= 11 is 0. The van der Waals surface area contributed by atoms with E-state index in [0.29, 0.717) is 44.0 Å². The first-order valence-corrected chi connectivity index (χ1v) is 11.5. The molecule has 1 amide bonds. The zero-order chi connectivity index (χ0) is 22.7. The third-order valence-electron chi connectivity index (χ3n) is 5.34. The Morgan fingerprint density at radius 3 is 2.57 bits per heavy atom. The van der Waals surface area contributed by atoms with Gasteiger partial charge in [-0.2, -0.15) is 5.10 Å². The highest BCUT2D eigenvalue weighted by Gasteiger charge is 2.55. The number of carbonyl (C=O) groups is 2. The van der Waals surface area contributed by atoms with Crippen molar-refractivity contribution in [3.8, 4) is 0 Å². The summed E-state index contributed by atoms with van der Waals surface area (Å²) in [7, 11) is 0.396. The highest BCUT2D eigenvalue weighted by atomic mass is 32.2. The normalized spacial score (nSPS) is 18.2. The van der Waals surface area contributed by atoms with Gasteiger partial charge >= 0.3 is 5.97 Å². The van der Waals surface area contributed by atoms with Crippen molar-refractivity contribution >= 4 is 22.7 Å². The predicted molar refractivity (Wildman–Crippen MR) is 116 cm³/mol. The predicted octanol–water partition coefficient (Wildman–Crippen LogP) is 2.41. The van der Waals surface area contributed by atoms with Gasteiger partial charge in [0.25, 0.3) is 5.91 Å². The lowest BCUT2D eigenvalue weighted by Gasteiger charge is -2.34. The van der Waals surface area contributed by atoms with Crippen LogP contribution >= 0.6 is 0 Å². The van der Waals surface area contributed by atoms with Crippen molar-refractivity contribution in [1.82, 2.24) is 14.7 Å². The smallest absolute Gasteiger partial charge is 0.356 e. The minimum absolute atomic E-state index is 0.0595. The standard InChI is InChI=1S/C19H27N3O5S.C2H6/c1-5-10-27-12-18(2,3)28(26)19(7-8-19)11-22-9-6-13-14(17(24)25)20-21(4)15(13)16(22)23;1-2/h5H,1,6-12H2,2-4H3,(H,24,25);1-2H3. The fourth-order valence-corrected chi connectivity index (χ4v) is 5.92. The number of nitrogens with zero attached hydrogens (tertiary/aromatic N) is 3. The van der Waals surface area contributed by atoms with Gasteiger partial charge < -0.3 is 14.7 Å². The summed E-state index contributed by atoms with van der Waals surface area (Å²) in [6, 6.07) is 0. The van der Waals surface area contributed by atoms with E-state index in [4.69, 9.17) is 4.74 Å². The summed E-state index contributed by atoms with van der Waals surface area (Å²) < 4.78 is 19.2. The number of carboxylic acid groups (broad SMARTS) is 1. The molecule has 0 spiro atoms. The third-order valence-corrected chi connectivity index (χ3v) is 7.78. The van der Waals surface area contributed by atoms with Crippen LogP contribution in [0.5, 0.6) is 0 Å². The molecule has 1 aromatic heterocycles. The average Bonchev–Trinajstić information content (AvgIpc) is 3.40. The van der Waals surface area contributed by atoms with Crippen LogP contribution in [0.25, 0.3) is 0 Å². The SMILES string of the molecule is C=CCOCC(C)(C)S(=O)C1(CN2CCc3c(C(=O)O)nn(C)c3C2=O)CC1.CC. The zero-order valence-electron chi connectivity index (χ0n) is 18.6. The second kappa shape index (κ2) is 9.43. The van der Waals surface area contributed by atoms with E-state index in [1.165, 1.54) is 4.68 Å². The quantitative estimate of drug-likeness (QED) is 0.468. The Balaban J connectivity index is 0.00000155. The Morgan fingerprint density at radius 1 is 1.40 bits per heavy atom. The van der Waals surface area contributed by atoms with Gasteiger partial charge in [-0.15, -0.1) is 6.58 Å². The Kier molecular flexibility index (Phi) is 7.63. The van der Waals surface area contributed by atoms with E-state index in [0.717, 1.165) is 12.8 Å². The zero-order valence-corrected chi connectivity index (χ0v) is 19.4. The van der Waals surface area contributed by atoms with Crippen LogP contribution in [0.15, 0.2) is 12.7 Å². The molecule has 0 saturated heterocycles. The lowest BCUT2D eigenvalue weighted by atomic mass is 10.0. The molecule has 1 fully saturated rings. The van der Waals surface area contributed by atoms with Crippen molar-refractivity contribution in [2.45, 2.75) is 56.5 Å². The topological polar surface area (TPSA) is 102 Å². The highest BCUT2D eigenvalue weighted by Crippen LogP contribution is 2.47. The summed E-state index contributed by atoms with van der Waals surface area (Å²) in [6.45, 7) is 13.0. The number of aromatic nitrogens is 2. The van der Waals surface area contributed by atoms with E-state index in [1.807, 2.05) is 27.7 Å². The molecule has 0 aromatic carbocycles. The number of ether oxygens (including phenoxy) is 1. The van der Waals surface area contributed by atoms with Gasteiger partial charge in [0.2, 0.25) is 0 Å². The van der Waals surface area contributed by atoms with Crippen molar-refractivity contribution in [1.29, 1.82) is 0 Å². The third kappa shape index (κ3) is 4.67. The molecular weight excluding hydrogens is 406 g/mol. The fourth-order valence-electron chi connectivity index (χ4n) is 3.81. The summed E-state index contributed by atoms with van der Waals surface area (Å²) in [5.41, 5.74) is 0.745. The van der Waals surface area contributed by atoms with Crippen molar-refractivity contribution in [3.05, 3.63) is 29.6 Å². The maximum absolute atomic E-state index is 13.3. The molecule has 1 N–H and O–H groups in total. The first-order valence-electron chi connectivity index (χ1n) is 10.3. The molecule has 1 aromatic rings. The van der Waals surface area contributed by atoms with Crippen LogP contribution in [0.2, 0.25) is 0 Å². The molecule has 168 valence electrons. The van der Waals surface area contributed by atoms with Crippen LogP contribution in [-0.2, 0) is 29.0 Å². The molecule has 0 radical (unpaired) electrons. The molecule has 1 atom stereocenters. The van der Waals surface area contributed by atoms with E-state index >= 15 is 0 Å². The van der Waals surface area contributed by atoms with Gasteiger partial charge in [0.05, 0.1) is 22.7 Å². The number of hydrogen-bond acceptors (Lipinski definition) is 5. The summed E-state index contributed by atoms with van der Waals surface area (Å²) in [4.78, 5) is 26.1. The van der Waals surface area contributed by atoms with Crippen LogP contribution in [0.3, 0.4) is 0 Å². The van der Waals surface area contributed by atoms with E-state index in [9.17, 15) is 18.9 Å². The largest absolute Gasteiger partial charge is 0.476 e. The fraction of sp³-hybridized carbons (Fsp3) is 0.667. The first kappa shape index (κ1) is 24.3. The van der Waals surface area contributed by atoms with Gasteiger partial charge in [-0.3, -0.25) is 13.7 Å². The van der Waals surface area contributed by atoms with Crippen LogP contribution < -0.4 is 0 Å². The number of carbonyl (C=O) groups excluding carboxylic acids is 1. The maximum atomic E-state index is 13.3. The Hall–Kier alpha value is -2.00. The number of aromatic carboxylic acids is 1. The Morgan fingerprint density at radius 2 is 2.03 bits per heavy atom. The molecule has 8 nitrogen and oxygen atoms in total. The van der Waals surface area contributed by atoms with Crippen molar-refractivity contribution in [2.75, 3.05) is 26.3 Å². The number of aryl methyl sites for hydroxylation is 1. The van der Waals surface area contributed by atoms with Crippen LogP contribution in [0, 0.1) is 0 Å². The molecule has 2 heterocycles. The number of hydrogen-bond donors (Lipinski definition) is 1. The monoisotopic (exact) mass is 439 g/mol. The van der Waals surface area contributed by atoms with E-state index in [2.05, 4.69) is 11.7 Å². The number of rotatable bonds is 9. The van der Waals surface area contributed by atoms with E-state index < -0.39 is 26.3 Å². The molecule has 30 heavy (non-hydrogen) atoms. The lowest BCUT2D eigenvalue weighted by Crippen LogP contribution is -2.49. The Labute approximate surface area is 180 Å². The summed E-state index contributed by atoms with van der Waals surface area (Å²) in [6.07, 6.45) is 3.69. The first-order chi connectivity index (χ1) is 14.1. The van der Waals surface area contributed by atoms with Crippen molar-refractivity contribution in [3.63, 3.8) is 0 Å². The number of fused-ring (bicyclic) bond motifs is 1. The number of amides is 1. The number of carboxylic acids is 1. The van der Waals surface area contributed by atoms with Crippen LogP contribution in [0.1, 0.15) is 67.1 Å². The highest BCUT2D eigenvalue weighted by molar-refractivity contribution is 7.88. The minimum Gasteiger partial charge on any atom is -0.476 e. The molecule has 3 rings (SSSR count).